The third kappa shape index (κ3) is 3.76. The molecule has 43 heavy (non-hydrogen) atoms. The van der Waals surface area contributed by atoms with Crippen molar-refractivity contribution in [2.24, 2.45) is 0 Å². The van der Waals surface area contributed by atoms with Crippen LogP contribution in [0.5, 0.6) is 0 Å². The van der Waals surface area contributed by atoms with E-state index in [0.29, 0.717) is 0 Å². The van der Waals surface area contributed by atoms with Crippen LogP contribution in [0.25, 0.3) is 0 Å². The molecule has 0 aromatic carbocycles. The Labute approximate surface area is 255 Å². The third-order valence-corrected chi connectivity index (χ3v) is 235. The zero-order valence-corrected chi connectivity index (χ0v) is 36.8. The molecule has 0 saturated carbocycles. The van der Waals surface area contributed by atoms with Gasteiger partial charge < -0.3 is 0 Å². The molecule has 0 N–H and O–H groups in total. The van der Waals surface area contributed by atoms with Crippen LogP contribution in [0.15, 0.2) is 0 Å². The Bertz CT molecular complexity index is 627. The van der Waals surface area contributed by atoms with Gasteiger partial charge in [-0.2, -0.15) is 0 Å². The van der Waals surface area contributed by atoms with Gasteiger partial charge in [-0.1, -0.05) is 0 Å². The van der Waals surface area contributed by atoms with Crippen LogP contribution in [0.4, 0.5) is 0 Å². The molecular formula is C18H60MoO18P6. The first kappa shape index (κ1) is 45.5. The molecule has 0 aromatic heterocycles. The average Bonchev–Trinajstić information content (AvgIpc) is 3.07. The van der Waals surface area contributed by atoms with E-state index >= 15 is 0 Å². The van der Waals surface area contributed by atoms with E-state index < -0.39 is 46.7 Å². The molecule has 0 radical (unpaired) electrons. The maximum absolute atomic E-state index is 8.45. The summed E-state index contributed by atoms with van der Waals surface area (Å²) in [7, 11) is 15.4. The zero-order valence-electron chi connectivity index (χ0n) is 28.8. The van der Waals surface area contributed by atoms with Crippen molar-refractivity contribution in [1.29, 1.82) is 0 Å². The molecule has 0 fully saturated rings. The molecule has 0 aliphatic rings. The van der Waals surface area contributed by atoms with E-state index in [0.717, 1.165) is 0 Å². The van der Waals surface area contributed by atoms with Gasteiger partial charge in [-0.25, -0.2) is 0 Å². The molecule has 276 valence electrons. The van der Waals surface area contributed by atoms with Gasteiger partial charge in [0.2, 0.25) is 0 Å². The van der Waals surface area contributed by atoms with Crippen LogP contribution in [0, 0.1) is 0 Å². The summed E-state index contributed by atoms with van der Waals surface area (Å²) >= 11 is 0. The first-order valence-electron chi connectivity index (χ1n) is 12.2. The molecule has 25 heteroatoms. The van der Waals surface area contributed by atoms with E-state index in [2.05, 4.69) is 0 Å². The molecule has 0 aromatic rings. The molecule has 0 unspecified atom stereocenters. The van der Waals surface area contributed by atoms with Gasteiger partial charge in [-0.3, -0.25) is 0 Å². The Morgan fingerprint density at radius 1 is 0.186 bits per heavy atom. The van der Waals surface area contributed by atoms with E-state index in [1.54, 1.807) is 0 Å². The second kappa shape index (κ2) is 16.5. The SMILES string of the molecule is CO[PH](OC)(OC)[Mo]([PH](OC)(OC)OC)([PH](OC)(OC)OC)([PH](OC)(OC)OC)([PH](OC)(OC)OC)[PH](OC)(OC)OC. The molecule has 0 amide bonds. The predicted molar refractivity (Wildman–Crippen MR) is 176 cm³/mol. The van der Waals surface area contributed by atoms with Crippen LogP contribution in [0.1, 0.15) is 0 Å². The Balaban J connectivity index is 11.7. The Morgan fingerprint density at radius 2 is 0.256 bits per heavy atom. The van der Waals surface area contributed by atoms with E-state index in [1.807, 2.05) is 0 Å². The van der Waals surface area contributed by atoms with Gasteiger partial charge >= 0.3 is 256 Å². The summed E-state index contributed by atoms with van der Waals surface area (Å²) in [6, 6.07) is -31.0. The summed E-state index contributed by atoms with van der Waals surface area (Å²) in [4.78, 5) is 0. The third-order valence-electron chi connectivity index (χ3n) is 8.25. The number of rotatable bonds is 24. The van der Waals surface area contributed by atoms with E-state index in [9.17, 15) is 0 Å². The van der Waals surface area contributed by atoms with Crippen LogP contribution < -0.4 is 0 Å². The molecule has 18 nitrogen and oxygen atoms in total. The number of hydrogen-bond acceptors (Lipinski definition) is 18. The minimum atomic E-state index is -8.45. The normalized spacial score (nSPS) is 18.6. The summed E-state index contributed by atoms with van der Waals surface area (Å²) in [5.41, 5.74) is 0. The van der Waals surface area contributed by atoms with E-state index in [-0.39, 0.29) is 0 Å². The molecule has 0 bridgehead atoms. The first-order chi connectivity index (χ1) is 20.3. The Kier molecular flexibility index (Phi) is 17.5. The first-order valence-corrected chi connectivity index (χ1v) is 40.1. The van der Waals surface area contributed by atoms with Crippen LogP contribution in [0.3, 0.4) is 0 Å². The van der Waals surface area contributed by atoms with Crippen molar-refractivity contribution in [3.05, 3.63) is 0 Å². The van der Waals surface area contributed by atoms with Gasteiger partial charge in [0.1, 0.15) is 0 Å². The van der Waals surface area contributed by atoms with Gasteiger partial charge in [0, 0.05) is 0 Å². The van der Waals surface area contributed by atoms with Crippen LogP contribution in [-0.2, 0) is 91.9 Å². The van der Waals surface area contributed by atoms with E-state index in [1.165, 1.54) is 128 Å². The Morgan fingerprint density at radius 3 is 0.302 bits per heavy atom. The molecule has 0 spiro atoms. The average molecular weight is 846 g/mol. The molecule has 0 atom stereocenters. The van der Waals surface area contributed by atoms with Crippen LogP contribution >= 0.6 is 36.2 Å². The summed E-state index contributed by atoms with van der Waals surface area (Å²) in [5, 5.41) is 0. The molecule has 0 heterocycles. The molecule has 0 saturated heterocycles. The van der Waals surface area contributed by atoms with Gasteiger partial charge in [-0.15, -0.1) is 0 Å². The van der Waals surface area contributed by atoms with Gasteiger partial charge in [0.15, 0.2) is 0 Å². The summed E-state index contributed by atoms with van der Waals surface area (Å²) in [6.07, 6.45) is 0. The summed E-state index contributed by atoms with van der Waals surface area (Å²) in [6.45, 7) is 0. The van der Waals surface area contributed by atoms with Crippen molar-refractivity contribution in [3.63, 3.8) is 0 Å². The van der Waals surface area contributed by atoms with Gasteiger partial charge in [0.25, 0.3) is 0 Å². The standard InChI is InChI=1S/6C3H10O3P.Mo/c6*1-4-7(5-2)6-3;/h6*7H,1-3H3;/q6*+1;-6. The summed E-state index contributed by atoms with van der Waals surface area (Å²) < 4.78 is 119. The quantitative estimate of drug-likeness (QED) is 0.0906. The van der Waals surface area contributed by atoms with Crippen molar-refractivity contribution in [2.75, 3.05) is 128 Å². The van der Waals surface area contributed by atoms with Crippen LogP contribution in [0.2, 0.25) is 0 Å². The molecule has 0 rings (SSSR count). The van der Waals surface area contributed by atoms with Gasteiger partial charge in [-0.05, 0) is 0 Å². The van der Waals surface area contributed by atoms with Crippen molar-refractivity contribution in [2.45, 2.75) is 0 Å². The minimum absolute atomic E-state index is 1.32. The molecular weight excluding hydrogens is 786 g/mol. The maximum atomic E-state index is 6.62. The zero-order chi connectivity index (χ0) is 34.1. The van der Waals surface area contributed by atoms with Crippen LogP contribution in [-0.4, -0.2) is 128 Å². The molecule has 0 aliphatic heterocycles. The monoisotopic (exact) mass is 848 g/mol. The fourth-order valence-electron chi connectivity index (χ4n) is 7.55. The van der Waals surface area contributed by atoms with Crippen molar-refractivity contribution < 1.29 is 91.9 Å². The van der Waals surface area contributed by atoms with Gasteiger partial charge in [0.05, 0.1) is 0 Å². The second-order valence-corrected chi connectivity index (χ2v) is 124. The van der Waals surface area contributed by atoms with Crippen molar-refractivity contribution in [3.8, 4) is 0 Å². The molecule has 0 aliphatic carbocycles. The second-order valence-electron chi connectivity index (χ2n) is 8.21. The topological polar surface area (TPSA) is 166 Å². The van der Waals surface area contributed by atoms with Crippen molar-refractivity contribution in [1.82, 2.24) is 0 Å². The summed E-state index contributed by atoms with van der Waals surface area (Å²) in [5.74, 6) is 0. The Hall–Kier alpha value is 2.55. The van der Waals surface area contributed by atoms with Crippen molar-refractivity contribution >= 4 is 36.2 Å². The van der Waals surface area contributed by atoms with E-state index in [4.69, 9.17) is 81.4 Å². The number of hydrogen-bond donors (Lipinski definition) is 0. The fraction of sp³-hybridized carbons (Fsp3) is 1.00. The predicted octanol–water partition coefficient (Wildman–Crippen LogP) is 5.31. The fourth-order valence-corrected chi connectivity index (χ4v) is 326.